The van der Waals surface area contributed by atoms with Crippen molar-refractivity contribution in [3.05, 3.63) is 35.4 Å². The lowest BCUT2D eigenvalue weighted by molar-refractivity contribution is -0.121. The molecule has 0 bridgehead atoms. The number of carbonyl (C=O) groups excluding carboxylic acids is 1. The van der Waals surface area contributed by atoms with Gasteiger partial charge in [0, 0.05) is 13.0 Å². The highest BCUT2D eigenvalue weighted by Crippen LogP contribution is 2.12. The van der Waals surface area contributed by atoms with Crippen molar-refractivity contribution in [3.8, 4) is 0 Å². The van der Waals surface area contributed by atoms with Crippen LogP contribution in [-0.2, 0) is 11.2 Å². The lowest BCUT2D eigenvalue weighted by Crippen LogP contribution is -2.34. The van der Waals surface area contributed by atoms with E-state index < -0.39 is 17.7 Å². The number of aliphatic hydroxyl groups excluding tert-OH is 1. The van der Waals surface area contributed by atoms with Gasteiger partial charge in [-0.25, -0.2) is 8.78 Å². The number of rotatable bonds is 7. The third-order valence-electron chi connectivity index (χ3n) is 3.14. The molecule has 5 heteroatoms. The van der Waals surface area contributed by atoms with E-state index in [0.29, 0.717) is 12.8 Å². The Bertz CT molecular complexity index is 449. The Labute approximate surface area is 118 Å². The van der Waals surface area contributed by atoms with Crippen molar-refractivity contribution in [2.45, 2.75) is 39.2 Å². The topological polar surface area (TPSA) is 49.3 Å². The largest absolute Gasteiger partial charge is 0.391 e. The minimum atomic E-state index is -0.570. The molecular formula is C15H21F2NO2. The van der Waals surface area contributed by atoms with Crippen LogP contribution in [0.3, 0.4) is 0 Å². The van der Waals surface area contributed by atoms with Crippen molar-refractivity contribution in [3.63, 3.8) is 0 Å². The number of hydrogen-bond donors (Lipinski definition) is 2. The lowest BCUT2D eigenvalue weighted by atomic mass is 10.1. The van der Waals surface area contributed by atoms with Crippen LogP contribution in [0, 0.1) is 17.6 Å². The van der Waals surface area contributed by atoms with Crippen molar-refractivity contribution < 1.29 is 18.7 Å². The molecule has 0 saturated heterocycles. The van der Waals surface area contributed by atoms with E-state index >= 15 is 0 Å². The van der Waals surface area contributed by atoms with Crippen LogP contribution < -0.4 is 5.32 Å². The van der Waals surface area contributed by atoms with Gasteiger partial charge in [0.05, 0.1) is 6.10 Å². The number of amides is 1. The summed E-state index contributed by atoms with van der Waals surface area (Å²) in [4.78, 5) is 11.5. The molecule has 0 radical (unpaired) electrons. The Hall–Kier alpha value is -1.49. The number of nitrogens with one attached hydrogen (secondary N) is 1. The summed E-state index contributed by atoms with van der Waals surface area (Å²) < 4.78 is 26.3. The minimum absolute atomic E-state index is 0.0803. The summed E-state index contributed by atoms with van der Waals surface area (Å²) in [5.41, 5.74) is 0.278. The SMILES string of the molecule is CC(C)C(O)CNC(=O)CCCc1cc(F)ccc1F. The first-order valence-electron chi connectivity index (χ1n) is 6.79. The molecule has 0 heterocycles. The second kappa shape index (κ2) is 7.94. The Balaban J connectivity index is 2.30. The fraction of sp³-hybridized carbons (Fsp3) is 0.533. The van der Waals surface area contributed by atoms with Gasteiger partial charge < -0.3 is 10.4 Å². The summed E-state index contributed by atoms with van der Waals surface area (Å²) >= 11 is 0. The van der Waals surface area contributed by atoms with Gasteiger partial charge >= 0.3 is 0 Å². The Kier molecular flexibility index (Phi) is 6.58. The van der Waals surface area contributed by atoms with Crippen molar-refractivity contribution >= 4 is 5.91 Å². The van der Waals surface area contributed by atoms with Gasteiger partial charge in [-0.15, -0.1) is 0 Å². The van der Waals surface area contributed by atoms with Gasteiger partial charge in [-0.1, -0.05) is 13.8 Å². The summed E-state index contributed by atoms with van der Waals surface area (Å²) in [7, 11) is 0. The molecule has 1 rings (SSSR count). The molecule has 0 aromatic heterocycles. The fourth-order valence-electron chi connectivity index (χ4n) is 1.72. The van der Waals surface area contributed by atoms with Crippen molar-refractivity contribution in [2.24, 2.45) is 5.92 Å². The summed E-state index contributed by atoms with van der Waals surface area (Å²) in [5.74, 6) is -1.05. The van der Waals surface area contributed by atoms with Crippen molar-refractivity contribution in [1.82, 2.24) is 5.32 Å². The second-order valence-electron chi connectivity index (χ2n) is 5.20. The fourth-order valence-corrected chi connectivity index (χ4v) is 1.72. The molecule has 1 aromatic rings. The van der Waals surface area contributed by atoms with E-state index in [4.69, 9.17) is 0 Å². The van der Waals surface area contributed by atoms with Crippen LogP contribution in [0.5, 0.6) is 0 Å². The smallest absolute Gasteiger partial charge is 0.220 e. The molecule has 1 unspecified atom stereocenters. The molecule has 3 nitrogen and oxygen atoms in total. The van der Waals surface area contributed by atoms with Crippen LogP contribution in [0.1, 0.15) is 32.3 Å². The molecule has 2 N–H and O–H groups in total. The summed E-state index contributed by atoms with van der Waals surface area (Å²) in [6.45, 7) is 3.94. The molecule has 112 valence electrons. The molecule has 0 fully saturated rings. The van der Waals surface area contributed by atoms with E-state index in [0.717, 1.165) is 18.2 Å². The molecule has 0 spiro atoms. The lowest BCUT2D eigenvalue weighted by Gasteiger charge is -2.14. The summed E-state index contributed by atoms with van der Waals surface area (Å²) in [5, 5.41) is 12.2. The van der Waals surface area contributed by atoms with Crippen LogP contribution in [0.2, 0.25) is 0 Å². The maximum Gasteiger partial charge on any atom is 0.220 e. The predicted molar refractivity (Wildman–Crippen MR) is 73.2 cm³/mol. The zero-order valence-corrected chi connectivity index (χ0v) is 11.8. The standard InChI is InChI=1S/C15H21F2NO2/c1-10(2)14(19)9-18-15(20)5-3-4-11-8-12(16)6-7-13(11)17/h6-8,10,14,19H,3-5,9H2,1-2H3,(H,18,20). The normalized spacial score (nSPS) is 12.5. The molecule has 0 aliphatic rings. The average Bonchev–Trinajstić information content (AvgIpc) is 2.39. The van der Waals surface area contributed by atoms with Gasteiger partial charge in [0.15, 0.2) is 0 Å². The first-order chi connectivity index (χ1) is 9.40. The van der Waals surface area contributed by atoms with Gasteiger partial charge in [0.25, 0.3) is 0 Å². The van der Waals surface area contributed by atoms with E-state index in [2.05, 4.69) is 5.32 Å². The number of benzene rings is 1. The van der Waals surface area contributed by atoms with E-state index in [-0.39, 0.29) is 30.4 Å². The highest BCUT2D eigenvalue weighted by Gasteiger charge is 2.11. The Morgan fingerprint density at radius 3 is 2.70 bits per heavy atom. The quantitative estimate of drug-likeness (QED) is 0.808. The molecule has 0 aliphatic carbocycles. The monoisotopic (exact) mass is 285 g/mol. The summed E-state index contributed by atoms with van der Waals surface area (Å²) in [6, 6.07) is 3.30. The Morgan fingerprint density at radius 1 is 1.35 bits per heavy atom. The molecule has 0 aliphatic heterocycles. The van der Waals surface area contributed by atoms with Crippen LogP contribution in [0.15, 0.2) is 18.2 Å². The molecule has 20 heavy (non-hydrogen) atoms. The number of halogens is 2. The van der Waals surface area contributed by atoms with E-state index in [9.17, 15) is 18.7 Å². The average molecular weight is 285 g/mol. The predicted octanol–water partition coefficient (Wildman–Crippen LogP) is 2.42. The zero-order valence-electron chi connectivity index (χ0n) is 11.8. The molecule has 1 aromatic carbocycles. The van der Waals surface area contributed by atoms with Crippen molar-refractivity contribution in [2.75, 3.05) is 6.54 Å². The van der Waals surface area contributed by atoms with Gasteiger partial charge in [-0.2, -0.15) is 0 Å². The number of carbonyl (C=O) groups is 1. The Morgan fingerprint density at radius 2 is 2.05 bits per heavy atom. The first-order valence-corrected chi connectivity index (χ1v) is 6.79. The van der Waals surface area contributed by atoms with E-state index in [1.165, 1.54) is 0 Å². The molecular weight excluding hydrogens is 264 g/mol. The maximum atomic E-state index is 13.3. The van der Waals surface area contributed by atoms with Crippen LogP contribution in [0.4, 0.5) is 8.78 Å². The summed E-state index contributed by atoms with van der Waals surface area (Å²) in [6.07, 6.45) is 0.397. The second-order valence-corrected chi connectivity index (χ2v) is 5.20. The third kappa shape index (κ3) is 5.65. The third-order valence-corrected chi connectivity index (χ3v) is 3.14. The van der Waals surface area contributed by atoms with Crippen LogP contribution >= 0.6 is 0 Å². The van der Waals surface area contributed by atoms with Crippen molar-refractivity contribution in [1.29, 1.82) is 0 Å². The van der Waals surface area contributed by atoms with E-state index in [1.807, 2.05) is 13.8 Å². The highest BCUT2D eigenvalue weighted by molar-refractivity contribution is 5.75. The highest BCUT2D eigenvalue weighted by atomic mass is 19.1. The van der Waals surface area contributed by atoms with Gasteiger partial charge in [0.1, 0.15) is 11.6 Å². The van der Waals surface area contributed by atoms with Gasteiger partial charge in [-0.05, 0) is 42.5 Å². The minimum Gasteiger partial charge on any atom is -0.391 e. The first kappa shape index (κ1) is 16.6. The molecule has 0 saturated carbocycles. The number of hydrogen-bond acceptors (Lipinski definition) is 2. The molecule has 1 atom stereocenters. The van der Waals surface area contributed by atoms with Crippen LogP contribution in [-0.4, -0.2) is 23.7 Å². The maximum absolute atomic E-state index is 13.3. The van der Waals surface area contributed by atoms with Gasteiger partial charge in [-0.3, -0.25) is 4.79 Å². The van der Waals surface area contributed by atoms with Gasteiger partial charge in [0.2, 0.25) is 5.91 Å². The molecule has 1 amide bonds. The number of aryl methyl sites for hydroxylation is 1. The zero-order chi connectivity index (χ0) is 15.1. The van der Waals surface area contributed by atoms with Crippen LogP contribution in [0.25, 0.3) is 0 Å². The van der Waals surface area contributed by atoms with E-state index in [1.54, 1.807) is 0 Å². The number of aliphatic hydroxyl groups is 1.